The van der Waals surface area contributed by atoms with Gasteiger partial charge in [0.1, 0.15) is 17.9 Å². The highest BCUT2D eigenvalue weighted by atomic mass is 32.1. The number of fused-ring (bicyclic) bond motifs is 2. The highest BCUT2D eigenvalue weighted by Gasteiger charge is 2.55. The van der Waals surface area contributed by atoms with Gasteiger partial charge in [-0.2, -0.15) is 4.99 Å². The zero-order valence-corrected chi connectivity index (χ0v) is 17.8. The predicted molar refractivity (Wildman–Crippen MR) is 115 cm³/mol. The van der Waals surface area contributed by atoms with Crippen LogP contribution in [0.15, 0.2) is 65.1 Å². The van der Waals surface area contributed by atoms with Crippen LogP contribution >= 0.6 is 11.3 Å². The van der Waals surface area contributed by atoms with Crippen LogP contribution in [-0.4, -0.2) is 33.9 Å². The quantitative estimate of drug-likeness (QED) is 0.620. The van der Waals surface area contributed by atoms with Crippen molar-refractivity contribution in [1.29, 1.82) is 0 Å². The van der Waals surface area contributed by atoms with Crippen LogP contribution in [0.5, 0.6) is 0 Å². The molecular weight excluding hydrogens is 431 g/mol. The van der Waals surface area contributed by atoms with Gasteiger partial charge in [0.05, 0.1) is 6.54 Å². The molecule has 1 unspecified atom stereocenters. The maximum Gasteiger partial charge on any atom is 0.325 e. The van der Waals surface area contributed by atoms with E-state index >= 15 is 0 Å². The molecule has 3 aromatic rings. The summed E-state index contributed by atoms with van der Waals surface area (Å²) in [6, 6.07) is 13.3. The molecular formula is C23H19FN4O3S. The Morgan fingerprint density at radius 2 is 1.94 bits per heavy atom. The zero-order valence-electron chi connectivity index (χ0n) is 17.0. The number of carbonyl (C=O) groups excluding carboxylic acids is 3. The molecule has 1 spiro atoms. The summed E-state index contributed by atoms with van der Waals surface area (Å²) in [6.07, 6.45) is 2.85. The van der Waals surface area contributed by atoms with Crippen molar-refractivity contribution in [3.05, 3.63) is 87.4 Å². The number of rotatable bonds is 4. The molecule has 2 aliphatic rings. The Morgan fingerprint density at radius 3 is 2.78 bits per heavy atom. The van der Waals surface area contributed by atoms with Crippen molar-refractivity contribution in [2.45, 2.75) is 24.9 Å². The normalized spacial score (nSPS) is 20.2. The van der Waals surface area contributed by atoms with E-state index in [1.165, 1.54) is 17.4 Å². The molecule has 2 heterocycles. The number of amides is 4. The Bertz CT molecular complexity index is 1310. The van der Waals surface area contributed by atoms with Crippen LogP contribution in [0.4, 0.5) is 9.18 Å². The number of benzene rings is 2. The number of aromatic nitrogens is 1. The first-order valence-corrected chi connectivity index (χ1v) is 11.0. The number of hydrogen-bond donors (Lipinski definition) is 1. The summed E-state index contributed by atoms with van der Waals surface area (Å²) in [5.74, 6) is -1.40. The van der Waals surface area contributed by atoms with Crippen molar-refractivity contribution in [3.8, 4) is 0 Å². The lowest BCUT2D eigenvalue weighted by Crippen LogP contribution is -2.42. The van der Waals surface area contributed by atoms with E-state index in [9.17, 15) is 18.8 Å². The summed E-state index contributed by atoms with van der Waals surface area (Å²) in [5, 5.41) is 4.54. The van der Waals surface area contributed by atoms with Crippen molar-refractivity contribution in [3.63, 3.8) is 0 Å². The smallest absolute Gasteiger partial charge is 0.319 e. The number of halogens is 1. The topological polar surface area (TPSA) is 83.8 Å². The van der Waals surface area contributed by atoms with Crippen LogP contribution in [0.2, 0.25) is 0 Å². The molecule has 0 radical (unpaired) electrons. The maximum absolute atomic E-state index is 14.0. The lowest BCUT2D eigenvalue weighted by Gasteiger charge is -2.21. The van der Waals surface area contributed by atoms with Crippen molar-refractivity contribution < 1.29 is 18.8 Å². The fraction of sp³-hybridized carbons (Fsp3) is 0.217. The number of nitrogens with zero attached hydrogens (tertiary/aromatic N) is 3. The molecule has 9 heteroatoms. The summed E-state index contributed by atoms with van der Waals surface area (Å²) in [6.45, 7) is -0.239. The van der Waals surface area contributed by atoms with Gasteiger partial charge in [0.15, 0.2) is 4.80 Å². The van der Waals surface area contributed by atoms with Crippen molar-refractivity contribution in [2.24, 2.45) is 4.99 Å². The third kappa shape index (κ3) is 3.34. The van der Waals surface area contributed by atoms with Crippen molar-refractivity contribution in [2.75, 3.05) is 6.54 Å². The second kappa shape index (κ2) is 7.83. The van der Waals surface area contributed by atoms with E-state index in [1.54, 1.807) is 34.3 Å². The molecule has 4 amide bonds. The largest absolute Gasteiger partial charge is 0.325 e. The van der Waals surface area contributed by atoms with Gasteiger partial charge in [-0.3, -0.25) is 14.5 Å². The highest BCUT2D eigenvalue weighted by molar-refractivity contribution is 7.07. The molecule has 162 valence electrons. The lowest BCUT2D eigenvalue weighted by atomic mass is 9.92. The number of hydrogen-bond acceptors (Lipinski definition) is 4. The van der Waals surface area contributed by atoms with Gasteiger partial charge in [0.2, 0.25) is 0 Å². The van der Waals surface area contributed by atoms with Gasteiger partial charge < -0.3 is 9.88 Å². The van der Waals surface area contributed by atoms with Gasteiger partial charge in [0, 0.05) is 17.1 Å². The van der Waals surface area contributed by atoms with E-state index in [0.717, 1.165) is 16.0 Å². The van der Waals surface area contributed by atoms with Gasteiger partial charge in [-0.25, -0.2) is 9.18 Å². The van der Waals surface area contributed by atoms with Gasteiger partial charge >= 0.3 is 6.03 Å². The highest BCUT2D eigenvalue weighted by Crippen LogP contribution is 2.41. The number of nitrogens with one attached hydrogen (secondary N) is 1. The molecule has 7 nitrogen and oxygen atoms in total. The van der Waals surface area contributed by atoms with Crippen LogP contribution in [0.3, 0.4) is 0 Å². The monoisotopic (exact) mass is 450 g/mol. The van der Waals surface area contributed by atoms with Gasteiger partial charge in [-0.05, 0) is 30.0 Å². The molecule has 1 saturated heterocycles. The molecule has 1 N–H and O–H groups in total. The average Bonchev–Trinajstić information content (AvgIpc) is 3.44. The Hall–Kier alpha value is -3.59. The summed E-state index contributed by atoms with van der Waals surface area (Å²) in [4.78, 5) is 43.8. The number of carbonyl (C=O) groups is 3. The summed E-state index contributed by atoms with van der Waals surface area (Å²) < 4.78 is 15.6. The molecule has 5 rings (SSSR count). The average molecular weight is 450 g/mol. The van der Waals surface area contributed by atoms with Crippen LogP contribution in [-0.2, 0) is 28.1 Å². The summed E-state index contributed by atoms with van der Waals surface area (Å²) in [7, 11) is 0. The van der Waals surface area contributed by atoms with Crippen LogP contribution in [0, 0.1) is 5.82 Å². The van der Waals surface area contributed by atoms with Gasteiger partial charge in [-0.15, -0.1) is 11.3 Å². The number of urea groups is 1. The molecule has 1 aromatic heterocycles. The zero-order chi connectivity index (χ0) is 22.3. The van der Waals surface area contributed by atoms with E-state index in [1.807, 2.05) is 24.3 Å². The third-order valence-electron chi connectivity index (χ3n) is 5.89. The SMILES string of the molecule is O=C(CN1C(=O)NC2(CCc3ccccc32)C1=O)N=c1sccn1Cc1ccccc1F. The second-order valence-electron chi connectivity index (χ2n) is 7.79. The molecule has 1 fully saturated rings. The van der Waals surface area contributed by atoms with Gasteiger partial charge in [-0.1, -0.05) is 42.5 Å². The maximum atomic E-state index is 14.0. The van der Waals surface area contributed by atoms with Gasteiger partial charge in [0.25, 0.3) is 11.8 Å². The number of aryl methyl sites for hydroxylation is 1. The minimum absolute atomic E-state index is 0.214. The molecule has 1 aliphatic heterocycles. The molecule has 0 saturated carbocycles. The number of thiazole rings is 1. The second-order valence-corrected chi connectivity index (χ2v) is 8.67. The molecule has 1 atom stereocenters. The first-order valence-electron chi connectivity index (χ1n) is 10.2. The van der Waals surface area contributed by atoms with E-state index < -0.39 is 29.9 Å². The van der Waals surface area contributed by atoms with Crippen molar-refractivity contribution >= 4 is 29.2 Å². The molecule has 2 aromatic carbocycles. The molecule has 0 bridgehead atoms. The fourth-order valence-corrected chi connectivity index (χ4v) is 5.07. The van der Waals surface area contributed by atoms with Crippen LogP contribution in [0.1, 0.15) is 23.1 Å². The third-order valence-corrected chi connectivity index (χ3v) is 6.69. The van der Waals surface area contributed by atoms with E-state index in [4.69, 9.17) is 0 Å². The molecule has 32 heavy (non-hydrogen) atoms. The van der Waals surface area contributed by atoms with Crippen molar-refractivity contribution in [1.82, 2.24) is 14.8 Å². The van der Waals surface area contributed by atoms with E-state index in [-0.39, 0.29) is 12.4 Å². The van der Waals surface area contributed by atoms with Crippen LogP contribution in [0.25, 0.3) is 0 Å². The first-order chi connectivity index (χ1) is 15.5. The Balaban J connectivity index is 1.36. The predicted octanol–water partition coefficient (Wildman–Crippen LogP) is 2.56. The van der Waals surface area contributed by atoms with E-state index in [2.05, 4.69) is 10.3 Å². The Kier molecular flexibility index (Phi) is 4.97. The fourth-order valence-electron chi connectivity index (χ4n) is 4.33. The molecule has 1 aliphatic carbocycles. The lowest BCUT2D eigenvalue weighted by molar-refractivity contribution is -0.134. The standard InChI is InChI=1S/C23H19FN4O3S/c24-18-8-4-2-6-16(18)13-27-11-12-32-22(27)25-19(29)14-28-20(30)23(26-21(28)31)10-9-15-5-1-3-7-17(15)23/h1-8,11-12H,9-10,13-14H2,(H,26,31). The Labute approximate surface area is 186 Å². The first kappa shape index (κ1) is 20.3. The van der Waals surface area contributed by atoms with E-state index in [0.29, 0.717) is 23.2 Å². The summed E-state index contributed by atoms with van der Waals surface area (Å²) >= 11 is 1.22. The number of imide groups is 1. The van der Waals surface area contributed by atoms with Crippen LogP contribution < -0.4 is 10.1 Å². The summed E-state index contributed by atoms with van der Waals surface area (Å²) in [5.41, 5.74) is 1.16. The minimum atomic E-state index is -1.11. The Morgan fingerprint density at radius 1 is 1.16 bits per heavy atom. The minimum Gasteiger partial charge on any atom is -0.319 e.